The van der Waals surface area contributed by atoms with Gasteiger partial charge in [0.2, 0.25) is 5.78 Å². The van der Waals surface area contributed by atoms with Gasteiger partial charge in [0.1, 0.15) is 5.82 Å². The second-order valence-electron chi connectivity index (χ2n) is 6.51. The number of hydrogen-bond donors (Lipinski definition) is 1. The molecule has 1 atom stereocenters. The SMILES string of the molecule is NC1=C(c2cccc(C(F)(F)F)c2)C(=O)C(c2cc(Cl)cc3cccc(F)c23)O1. The molecule has 1 aliphatic heterocycles. The molecule has 1 heterocycles. The minimum atomic E-state index is -4.58. The van der Waals surface area contributed by atoms with Crippen molar-refractivity contribution in [3.8, 4) is 0 Å². The average Bonchev–Trinajstić information content (AvgIpc) is 2.94. The maximum absolute atomic E-state index is 14.5. The molecule has 3 nitrogen and oxygen atoms in total. The first-order valence-electron chi connectivity index (χ1n) is 8.42. The fourth-order valence-corrected chi connectivity index (χ4v) is 3.65. The van der Waals surface area contributed by atoms with Crippen LogP contribution in [0.25, 0.3) is 16.3 Å². The third-order valence-electron chi connectivity index (χ3n) is 4.66. The van der Waals surface area contributed by atoms with E-state index < -0.39 is 29.4 Å². The highest BCUT2D eigenvalue weighted by molar-refractivity contribution is 6.32. The lowest BCUT2D eigenvalue weighted by Crippen LogP contribution is -2.11. The predicted molar refractivity (Wildman–Crippen MR) is 100 cm³/mol. The molecule has 0 radical (unpaired) electrons. The van der Waals surface area contributed by atoms with Crippen LogP contribution in [0.4, 0.5) is 17.6 Å². The number of alkyl halides is 3. The summed E-state index contributed by atoms with van der Waals surface area (Å²) < 4.78 is 59.1. The van der Waals surface area contributed by atoms with Crippen LogP contribution in [-0.4, -0.2) is 5.78 Å². The van der Waals surface area contributed by atoms with Gasteiger partial charge in [0.25, 0.3) is 0 Å². The van der Waals surface area contributed by atoms with Crippen LogP contribution >= 0.6 is 11.6 Å². The van der Waals surface area contributed by atoms with Crippen LogP contribution in [0, 0.1) is 5.82 Å². The standard InChI is InChI=1S/C21H12ClF4NO2/c22-13-8-11-4-2-6-15(23)16(11)14(9-13)19-18(28)17(20(27)29-19)10-3-1-5-12(7-10)21(24,25)26/h1-9,19H,27H2. The van der Waals surface area contributed by atoms with Crippen molar-refractivity contribution in [1.29, 1.82) is 0 Å². The summed E-state index contributed by atoms with van der Waals surface area (Å²) in [5.74, 6) is -1.59. The Bertz CT molecular complexity index is 1190. The predicted octanol–water partition coefficient (Wildman–Crippen LogP) is 5.62. The van der Waals surface area contributed by atoms with E-state index in [0.717, 1.165) is 12.1 Å². The van der Waals surface area contributed by atoms with Crippen molar-refractivity contribution < 1.29 is 27.1 Å². The molecule has 0 saturated carbocycles. The van der Waals surface area contributed by atoms with E-state index in [1.807, 2.05) is 0 Å². The molecule has 29 heavy (non-hydrogen) atoms. The van der Waals surface area contributed by atoms with Crippen LogP contribution in [0.3, 0.4) is 0 Å². The molecule has 2 N–H and O–H groups in total. The molecule has 8 heteroatoms. The summed E-state index contributed by atoms with van der Waals surface area (Å²) in [6.45, 7) is 0. The van der Waals surface area contributed by atoms with E-state index in [1.165, 1.54) is 36.4 Å². The quantitative estimate of drug-likeness (QED) is 0.546. The third kappa shape index (κ3) is 3.31. The van der Waals surface area contributed by atoms with E-state index in [2.05, 4.69) is 0 Å². The fraction of sp³-hybridized carbons (Fsp3) is 0.0952. The van der Waals surface area contributed by atoms with Gasteiger partial charge in [-0.2, -0.15) is 13.2 Å². The van der Waals surface area contributed by atoms with Crippen LogP contribution in [0.15, 0.2) is 60.5 Å². The highest BCUT2D eigenvalue weighted by atomic mass is 35.5. The number of Topliss-reactive ketones (excluding diaryl/α,β-unsaturated/α-hetero) is 1. The number of benzene rings is 3. The first kappa shape index (κ1) is 19.3. The van der Waals surface area contributed by atoms with Gasteiger partial charge in [0.15, 0.2) is 12.0 Å². The van der Waals surface area contributed by atoms with Gasteiger partial charge in [0, 0.05) is 16.0 Å². The zero-order chi connectivity index (χ0) is 20.9. The summed E-state index contributed by atoms with van der Waals surface area (Å²) in [7, 11) is 0. The van der Waals surface area contributed by atoms with Gasteiger partial charge < -0.3 is 10.5 Å². The highest BCUT2D eigenvalue weighted by Gasteiger charge is 2.39. The molecule has 0 fully saturated rings. The van der Waals surface area contributed by atoms with E-state index in [-0.39, 0.29) is 33.0 Å². The number of hydrogen-bond acceptors (Lipinski definition) is 3. The van der Waals surface area contributed by atoms with Crippen molar-refractivity contribution in [2.45, 2.75) is 12.3 Å². The van der Waals surface area contributed by atoms with E-state index in [4.69, 9.17) is 22.1 Å². The van der Waals surface area contributed by atoms with Crippen LogP contribution in [-0.2, 0) is 15.7 Å². The summed E-state index contributed by atoms with van der Waals surface area (Å²) in [5, 5.41) is 0.837. The number of carbonyl (C=O) groups excluding carboxylic acids is 1. The van der Waals surface area contributed by atoms with Gasteiger partial charge in [-0.25, -0.2) is 4.39 Å². The largest absolute Gasteiger partial charge is 0.462 e. The molecule has 3 aromatic rings. The zero-order valence-electron chi connectivity index (χ0n) is 14.6. The molecule has 4 rings (SSSR count). The van der Waals surface area contributed by atoms with Crippen LogP contribution < -0.4 is 5.73 Å². The van der Waals surface area contributed by atoms with Gasteiger partial charge in [-0.05, 0) is 41.3 Å². The zero-order valence-corrected chi connectivity index (χ0v) is 15.3. The Balaban J connectivity index is 1.81. The Morgan fingerprint density at radius 1 is 1.03 bits per heavy atom. The van der Waals surface area contributed by atoms with Gasteiger partial charge in [0.05, 0.1) is 11.1 Å². The highest BCUT2D eigenvalue weighted by Crippen LogP contribution is 2.41. The number of rotatable bonds is 2. The van der Waals surface area contributed by atoms with E-state index in [1.54, 1.807) is 6.07 Å². The molecule has 1 unspecified atom stereocenters. The first-order valence-corrected chi connectivity index (χ1v) is 8.80. The summed E-state index contributed by atoms with van der Waals surface area (Å²) in [6, 6.07) is 11.5. The summed E-state index contributed by atoms with van der Waals surface area (Å²) in [5.41, 5.74) is 4.84. The van der Waals surface area contributed by atoms with Crippen LogP contribution in [0.1, 0.15) is 22.8 Å². The second-order valence-corrected chi connectivity index (χ2v) is 6.95. The molecule has 0 spiro atoms. The minimum Gasteiger partial charge on any atom is -0.462 e. The average molecular weight is 422 g/mol. The number of fused-ring (bicyclic) bond motifs is 1. The van der Waals surface area contributed by atoms with Crippen molar-refractivity contribution in [2.75, 3.05) is 0 Å². The lowest BCUT2D eigenvalue weighted by molar-refractivity contribution is -0.137. The number of carbonyl (C=O) groups is 1. The van der Waals surface area contributed by atoms with Gasteiger partial charge >= 0.3 is 6.18 Å². The van der Waals surface area contributed by atoms with Crippen LogP contribution in [0.2, 0.25) is 5.02 Å². The molecule has 148 valence electrons. The molecule has 1 aliphatic rings. The van der Waals surface area contributed by atoms with Gasteiger partial charge in [-0.3, -0.25) is 4.79 Å². The van der Waals surface area contributed by atoms with Crippen molar-refractivity contribution in [2.24, 2.45) is 5.73 Å². The molecule has 0 saturated heterocycles. The number of nitrogens with two attached hydrogens (primary N) is 1. The van der Waals surface area contributed by atoms with Crippen molar-refractivity contribution in [3.63, 3.8) is 0 Å². The molecular weight excluding hydrogens is 410 g/mol. The Morgan fingerprint density at radius 2 is 1.76 bits per heavy atom. The molecule has 3 aromatic carbocycles. The van der Waals surface area contributed by atoms with E-state index in [0.29, 0.717) is 5.39 Å². The second kappa shape index (κ2) is 6.77. The molecule has 0 amide bonds. The number of ketones is 1. The lowest BCUT2D eigenvalue weighted by atomic mass is 9.93. The minimum absolute atomic E-state index is 0.0309. The topological polar surface area (TPSA) is 52.3 Å². The van der Waals surface area contributed by atoms with Gasteiger partial charge in [-0.1, -0.05) is 35.9 Å². The van der Waals surface area contributed by atoms with Crippen LogP contribution in [0.5, 0.6) is 0 Å². The van der Waals surface area contributed by atoms with Gasteiger partial charge in [-0.15, -0.1) is 0 Å². The smallest absolute Gasteiger partial charge is 0.416 e. The molecule has 0 aromatic heterocycles. The van der Waals surface area contributed by atoms with E-state index in [9.17, 15) is 22.4 Å². The normalized spacial score (nSPS) is 17.1. The summed E-state index contributed by atoms with van der Waals surface area (Å²) >= 11 is 6.10. The number of ether oxygens (including phenoxy) is 1. The Morgan fingerprint density at radius 3 is 2.48 bits per heavy atom. The number of halogens is 5. The van der Waals surface area contributed by atoms with Crippen molar-refractivity contribution >= 4 is 33.7 Å². The third-order valence-corrected chi connectivity index (χ3v) is 4.88. The van der Waals surface area contributed by atoms with Crippen molar-refractivity contribution in [3.05, 3.63) is 88.0 Å². The summed E-state index contributed by atoms with van der Waals surface area (Å²) in [4.78, 5) is 13.0. The molecule has 0 bridgehead atoms. The fourth-order valence-electron chi connectivity index (χ4n) is 3.42. The first-order chi connectivity index (χ1) is 13.7. The van der Waals surface area contributed by atoms with Crippen molar-refractivity contribution in [1.82, 2.24) is 0 Å². The molecular formula is C21H12ClF4NO2. The lowest BCUT2D eigenvalue weighted by Gasteiger charge is -2.15. The summed E-state index contributed by atoms with van der Waals surface area (Å²) in [6.07, 6.45) is -5.91. The Labute approximate surface area is 167 Å². The monoisotopic (exact) mass is 421 g/mol. The maximum Gasteiger partial charge on any atom is 0.416 e. The Hall–Kier alpha value is -3.06. The Kier molecular flexibility index (Phi) is 4.50. The molecule has 0 aliphatic carbocycles. The maximum atomic E-state index is 14.5. The van der Waals surface area contributed by atoms with E-state index >= 15 is 0 Å².